The standard InChI is InChI=1S/C21H24N6O/c28-21-19-4-3-18(11-20(19)22-15-27(21)14-16-1-2-16)26-9-7-25(8-10-26)13-17-5-6-23-24-12-17/h3-6,11-12,15-16H,1-2,7-10,13-14H2. The molecule has 2 fully saturated rings. The molecule has 0 radical (unpaired) electrons. The Hall–Kier alpha value is -2.80. The molecule has 0 amide bonds. The molecular weight excluding hydrogens is 352 g/mol. The van der Waals surface area contributed by atoms with Crippen molar-refractivity contribution in [3.8, 4) is 0 Å². The van der Waals surface area contributed by atoms with Crippen LogP contribution in [-0.2, 0) is 13.1 Å². The number of hydrogen-bond donors (Lipinski definition) is 0. The summed E-state index contributed by atoms with van der Waals surface area (Å²) in [6, 6.07) is 8.08. The van der Waals surface area contributed by atoms with E-state index in [0.29, 0.717) is 5.92 Å². The first-order valence-corrected chi connectivity index (χ1v) is 9.98. The molecule has 0 unspecified atom stereocenters. The molecule has 7 heteroatoms. The van der Waals surface area contributed by atoms with E-state index in [0.717, 1.165) is 55.9 Å². The van der Waals surface area contributed by atoms with Gasteiger partial charge in [-0.15, -0.1) is 0 Å². The lowest BCUT2D eigenvalue weighted by Crippen LogP contribution is -2.46. The highest BCUT2D eigenvalue weighted by molar-refractivity contribution is 5.81. The summed E-state index contributed by atoms with van der Waals surface area (Å²) in [5.74, 6) is 0.662. The number of hydrogen-bond acceptors (Lipinski definition) is 6. The molecule has 2 aliphatic rings. The minimum atomic E-state index is 0.0826. The van der Waals surface area contributed by atoms with Crippen LogP contribution in [0.2, 0.25) is 0 Å². The lowest BCUT2D eigenvalue weighted by Gasteiger charge is -2.36. The van der Waals surface area contributed by atoms with E-state index in [9.17, 15) is 4.79 Å². The number of fused-ring (bicyclic) bond motifs is 1. The van der Waals surface area contributed by atoms with Crippen molar-refractivity contribution in [2.75, 3.05) is 31.1 Å². The van der Waals surface area contributed by atoms with Gasteiger partial charge < -0.3 is 4.90 Å². The predicted molar refractivity (Wildman–Crippen MR) is 108 cm³/mol. The topological polar surface area (TPSA) is 67.2 Å². The maximum Gasteiger partial charge on any atom is 0.261 e. The van der Waals surface area contributed by atoms with Crippen molar-refractivity contribution in [3.63, 3.8) is 0 Å². The van der Waals surface area contributed by atoms with E-state index in [4.69, 9.17) is 0 Å². The Morgan fingerprint density at radius 3 is 2.64 bits per heavy atom. The van der Waals surface area contributed by atoms with Crippen LogP contribution >= 0.6 is 0 Å². The van der Waals surface area contributed by atoms with Crippen LogP contribution < -0.4 is 10.5 Å². The largest absolute Gasteiger partial charge is 0.369 e. The van der Waals surface area contributed by atoms with Gasteiger partial charge in [0.2, 0.25) is 0 Å². The number of nitrogens with zero attached hydrogens (tertiary/aromatic N) is 6. The molecule has 144 valence electrons. The van der Waals surface area contributed by atoms with Crippen molar-refractivity contribution >= 4 is 16.6 Å². The molecule has 0 N–H and O–H groups in total. The molecular formula is C21H24N6O. The van der Waals surface area contributed by atoms with Crippen molar-refractivity contribution in [3.05, 3.63) is 58.9 Å². The summed E-state index contributed by atoms with van der Waals surface area (Å²) in [5.41, 5.74) is 3.21. The highest BCUT2D eigenvalue weighted by Crippen LogP contribution is 2.30. The Labute approximate surface area is 163 Å². The van der Waals surface area contributed by atoms with Crippen LogP contribution in [0.15, 0.2) is 47.8 Å². The summed E-state index contributed by atoms with van der Waals surface area (Å²) in [6.45, 7) is 5.63. The Kier molecular flexibility index (Phi) is 4.52. The van der Waals surface area contributed by atoms with Crippen molar-refractivity contribution in [1.82, 2.24) is 24.6 Å². The molecule has 1 saturated heterocycles. The fourth-order valence-corrected chi connectivity index (χ4v) is 3.89. The average molecular weight is 376 g/mol. The summed E-state index contributed by atoms with van der Waals surface area (Å²) >= 11 is 0. The summed E-state index contributed by atoms with van der Waals surface area (Å²) in [4.78, 5) is 22.1. The molecule has 0 spiro atoms. The smallest absolute Gasteiger partial charge is 0.261 e. The summed E-state index contributed by atoms with van der Waals surface area (Å²) in [7, 11) is 0. The Morgan fingerprint density at radius 1 is 1.04 bits per heavy atom. The minimum absolute atomic E-state index is 0.0826. The number of rotatable bonds is 5. The highest BCUT2D eigenvalue weighted by atomic mass is 16.1. The zero-order valence-electron chi connectivity index (χ0n) is 15.9. The third-order valence-corrected chi connectivity index (χ3v) is 5.75. The first-order chi connectivity index (χ1) is 13.8. The van der Waals surface area contributed by atoms with Crippen LogP contribution in [0.25, 0.3) is 10.9 Å². The zero-order chi connectivity index (χ0) is 18.9. The quantitative estimate of drug-likeness (QED) is 0.678. The summed E-state index contributed by atoms with van der Waals surface area (Å²) in [5, 5.41) is 8.51. The van der Waals surface area contributed by atoms with Gasteiger partial charge in [-0.3, -0.25) is 14.3 Å². The van der Waals surface area contributed by atoms with Gasteiger partial charge in [0.15, 0.2) is 0 Å². The first kappa shape index (κ1) is 17.3. The van der Waals surface area contributed by atoms with Crippen molar-refractivity contribution in [2.24, 2.45) is 5.92 Å². The van der Waals surface area contributed by atoms with Gasteiger partial charge in [0, 0.05) is 51.2 Å². The summed E-state index contributed by atoms with van der Waals surface area (Å²) < 4.78 is 1.77. The Balaban J connectivity index is 1.28. The maximum absolute atomic E-state index is 12.7. The lowest BCUT2D eigenvalue weighted by molar-refractivity contribution is 0.249. The number of benzene rings is 1. The van der Waals surface area contributed by atoms with Gasteiger partial charge in [-0.1, -0.05) is 0 Å². The molecule has 3 aromatic rings. The molecule has 2 aromatic heterocycles. The second-order valence-electron chi connectivity index (χ2n) is 7.86. The first-order valence-electron chi connectivity index (χ1n) is 9.98. The van der Waals surface area contributed by atoms with E-state index in [1.54, 1.807) is 17.1 Å². The van der Waals surface area contributed by atoms with Gasteiger partial charge in [-0.2, -0.15) is 10.2 Å². The van der Waals surface area contributed by atoms with Crippen LogP contribution in [0.3, 0.4) is 0 Å². The second kappa shape index (κ2) is 7.31. The third kappa shape index (κ3) is 3.62. The molecule has 5 rings (SSSR count). The van der Waals surface area contributed by atoms with E-state index in [1.807, 2.05) is 18.3 Å². The average Bonchev–Trinajstić information content (AvgIpc) is 3.55. The fraction of sp³-hybridized carbons (Fsp3) is 0.429. The van der Waals surface area contributed by atoms with Gasteiger partial charge in [0.1, 0.15) is 0 Å². The van der Waals surface area contributed by atoms with Crippen LogP contribution in [0.5, 0.6) is 0 Å². The molecule has 1 aliphatic heterocycles. The zero-order valence-corrected chi connectivity index (χ0v) is 15.9. The molecule has 28 heavy (non-hydrogen) atoms. The van der Waals surface area contributed by atoms with Gasteiger partial charge >= 0.3 is 0 Å². The monoisotopic (exact) mass is 376 g/mol. The molecule has 1 saturated carbocycles. The molecule has 1 aromatic carbocycles. The van der Waals surface area contributed by atoms with E-state index in [1.165, 1.54) is 18.4 Å². The van der Waals surface area contributed by atoms with Crippen LogP contribution in [-0.4, -0.2) is 50.8 Å². The van der Waals surface area contributed by atoms with Gasteiger partial charge in [-0.25, -0.2) is 4.98 Å². The predicted octanol–water partition coefficient (Wildman–Crippen LogP) is 1.92. The highest BCUT2D eigenvalue weighted by Gasteiger charge is 2.23. The normalized spacial score (nSPS) is 17.9. The Morgan fingerprint density at radius 2 is 1.89 bits per heavy atom. The van der Waals surface area contributed by atoms with Gasteiger partial charge in [-0.05, 0) is 48.6 Å². The second-order valence-corrected chi connectivity index (χ2v) is 7.86. The number of anilines is 1. The Bertz CT molecular complexity index is 1020. The van der Waals surface area contributed by atoms with Crippen molar-refractivity contribution in [1.29, 1.82) is 0 Å². The molecule has 0 atom stereocenters. The number of piperazine rings is 1. The van der Waals surface area contributed by atoms with Gasteiger partial charge in [0.25, 0.3) is 5.56 Å². The van der Waals surface area contributed by atoms with Gasteiger partial charge in [0.05, 0.1) is 23.4 Å². The van der Waals surface area contributed by atoms with Crippen LogP contribution in [0, 0.1) is 5.92 Å². The van der Waals surface area contributed by atoms with Crippen molar-refractivity contribution < 1.29 is 0 Å². The van der Waals surface area contributed by atoms with Crippen molar-refractivity contribution in [2.45, 2.75) is 25.9 Å². The van der Waals surface area contributed by atoms with E-state index < -0.39 is 0 Å². The summed E-state index contributed by atoms with van der Waals surface area (Å²) in [6.07, 6.45) is 7.75. The maximum atomic E-state index is 12.7. The SMILES string of the molecule is O=c1c2ccc(N3CCN(Cc4ccnnc4)CC3)cc2ncn1CC1CC1. The molecule has 1 aliphatic carbocycles. The molecule has 7 nitrogen and oxygen atoms in total. The third-order valence-electron chi connectivity index (χ3n) is 5.75. The molecule has 3 heterocycles. The van der Waals surface area contributed by atoms with Crippen LogP contribution in [0.4, 0.5) is 5.69 Å². The van der Waals surface area contributed by atoms with E-state index in [-0.39, 0.29) is 5.56 Å². The van der Waals surface area contributed by atoms with Crippen LogP contribution in [0.1, 0.15) is 18.4 Å². The molecule has 0 bridgehead atoms. The minimum Gasteiger partial charge on any atom is -0.369 e. The fourth-order valence-electron chi connectivity index (χ4n) is 3.89. The number of aromatic nitrogens is 4. The van der Waals surface area contributed by atoms with E-state index in [2.05, 4.69) is 37.1 Å². The lowest BCUT2D eigenvalue weighted by atomic mass is 10.2. The van der Waals surface area contributed by atoms with E-state index >= 15 is 0 Å².